The molecule has 20 heavy (non-hydrogen) atoms. The van der Waals surface area contributed by atoms with Gasteiger partial charge in [-0.05, 0) is 12.1 Å². The van der Waals surface area contributed by atoms with Crippen LogP contribution in [0, 0.1) is 17.5 Å². The highest BCUT2D eigenvalue weighted by atomic mass is 19.2. The van der Waals surface area contributed by atoms with E-state index in [-0.39, 0.29) is 18.8 Å². The summed E-state index contributed by atoms with van der Waals surface area (Å²) in [7, 11) is 0. The van der Waals surface area contributed by atoms with E-state index in [1.54, 1.807) is 0 Å². The number of halogens is 3. The fourth-order valence-corrected chi connectivity index (χ4v) is 1.45. The standard InChI is InChI=1S/C11H10F3N5O/c12-7-1-2-8(11(14)10(7)13)19-5-6(17-18-19)4-16-9(20)3-15/h1-2,5H,3-4,15H2,(H,16,20). The van der Waals surface area contributed by atoms with Crippen LogP contribution < -0.4 is 11.1 Å². The van der Waals surface area contributed by atoms with Crippen molar-refractivity contribution in [2.45, 2.75) is 6.54 Å². The maximum Gasteiger partial charge on any atom is 0.234 e. The van der Waals surface area contributed by atoms with Crippen LogP contribution in [0.5, 0.6) is 0 Å². The fraction of sp³-hybridized carbons (Fsp3) is 0.182. The summed E-state index contributed by atoms with van der Waals surface area (Å²) in [4.78, 5) is 11.0. The smallest absolute Gasteiger partial charge is 0.234 e. The molecule has 6 nitrogen and oxygen atoms in total. The number of nitrogens with zero attached hydrogens (tertiary/aromatic N) is 3. The minimum atomic E-state index is -1.59. The Morgan fingerprint density at radius 2 is 2.05 bits per heavy atom. The number of nitrogens with one attached hydrogen (secondary N) is 1. The van der Waals surface area contributed by atoms with E-state index in [4.69, 9.17) is 5.73 Å². The molecule has 0 spiro atoms. The first kappa shape index (κ1) is 14.0. The molecule has 0 saturated heterocycles. The Balaban J connectivity index is 2.21. The summed E-state index contributed by atoms with van der Waals surface area (Å²) in [5.41, 5.74) is 5.13. The first-order valence-corrected chi connectivity index (χ1v) is 5.54. The van der Waals surface area contributed by atoms with Gasteiger partial charge in [0.25, 0.3) is 0 Å². The van der Waals surface area contributed by atoms with Gasteiger partial charge >= 0.3 is 0 Å². The van der Waals surface area contributed by atoms with Crippen molar-refractivity contribution in [1.29, 1.82) is 0 Å². The Morgan fingerprint density at radius 3 is 2.75 bits per heavy atom. The highest BCUT2D eigenvalue weighted by Crippen LogP contribution is 2.18. The highest BCUT2D eigenvalue weighted by molar-refractivity contribution is 5.77. The van der Waals surface area contributed by atoms with Gasteiger partial charge in [-0.15, -0.1) is 5.10 Å². The first-order valence-electron chi connectivity index (χ1n) is 5.54. The van der Waals surface area contributed by atoms with E-state index in [2.05, 4.69) is 15.6 Å². The average molecular weight is 285 g/mol. The van der Waals surface area contributed by atoms with Gasteiger partial charge in [0.1, 0.15) is 11.4 Å². The average Bonchev–Trinajstić information content (AvgIpc) is 2.91. The molecule has 1 amide bonds. The van der Waals surface area contributed by atoms with E-state index in [0.29, 0.717) is 5.69 Å². The van der Waals surface area contributed by atoms with Crippen molar-refractivity contribution in [2.75, 3.05) is 6.54 Å². The second kappa shape index (κ2) is 5.70. The molecule has 0 radical (unpaired) electrons. The molecule has 0 fully saturated rings. The van der Waals surface area contributed by atoms with Crippen LogP contribution in [-0.4, -0.2) is 27.4 Å². The van der Waals surface area contributed by atoms with Crippen molar-refractivity contribution in [2.24, 2.45) is 5.73 Å². The largest absolute Gasteiger partial charge is 0.349 e. The molecule has 0 atom stereocenters. The van der Waals surface area contributed by atoms with Crippen LogP contribution in [0.3, 0.4) is 0 Å². The van der Waals surface area contributed by atoms with Crippen molar-refractivity contribution in [3.63, 3.8) is 0 Å². The Kier molecular flexibility index (Phi) is 3.99. The summed E-state index contributed by atoms with van der Waals surface area (Å²) in [5.74, 6) is -4.64. The Labute approximate surface area is 111 Å². The van der Waals surface area contributed by atoms with E-state index >= 15 is 0 Å². The maximum absolute atomic E-state index is 13.5. The zero-order chi connectivity index (χ0) is 14.7. The van der Waals surface area contributed by atoms with Gasteiger partial charge in [-0.2, -0.15) is 0 Å². The molecule has 1 aromatic carbocycles. The van der Waals surface area contributed by atoms with Crippen LogP contribution in [0.25, 0.3) is 5.69 Å². The Hall–Kier alpha value is -2.42. The van der Waals surface area contributed by atoms with Gasteiger partial charge < -0.3 is 11.1 Å². The lowest BCUT2D eigenvalue weighted by Crippen LogP contribution is -2.29. The quantitative estimate of drug-likeness (QED) is 0.789. The molecule has 0 aliphatic rings. The molecule has 0 bridgehead atoms. The summed E-state index contributed by atoms with van der Waals surface area (Å²) in [6, 6.07) is 1.82. The van der Waals surface area contributed by atoms with Gasteiger partial charge in [0.05, 0.1) is 19.3 Å². The molecule has 1 heterocycles. The third-order valence-corrected chi connectivity index (χ3v) is 2.45. The van der Waals surface area contributed by atoms with Crippen molar-refractivity contribution >= 4 is 5.91 Å². The van der Waals surface area contributed by atoms with Crippen LogP contribution in [-0.2, 0) is 11.3 Å². The van der Waals surface area contributed by atoms with E-state index in [0.717, 1.165) is 16.8 Å². The van der Waals surface area contributed by atoms with Crippen molar-refractivity contribution in [3.05, 3.63) is 41.5 Å². The van der Waals surface area contributed by atoms with Crippen molar-refractivity contribution in [1.82, 2.24) is 20.3 Å². The second-order valence-corrected chi connectivity index (χ2v) is 3.83. The van der Waals surface area contributed by atoms with Gasteiger partial charge in [0.15, 0.2) is 17.5 Å². The van der Waals surface area contributed by atoms with Gasteiger partial charge in [-0.1, -0.05) is 5.21 Å². The SMILES string of the molecule is NCC(=O)NCc1cn(-c2ccc(F)c(F)c2F)nn1. The number of carbonyl (C=O) groups excluding carboxylic acids is 1. The first-order chi connectivity index (χ1) is 9.52. The number of rotatable bonds is 4. The van der Waals surface area contributed by atoms with Gasteiger partial charge in [0.2, 0.25) is 5.91 Å². The molecule has 3 N–H and O–H groups in total. The Bertz CT molecular complexity index is 643. The monoisotopic (exact) mass is 285 g/mol. The molecule has 2 rings (SSSR count). The van der Waals surface area contributed by atoms with Crippen LogP contribution in [0.2, 0.25) is 0 Å². The lowest BCUT2D eigenvalue weighted by Gasteiger charge is -2.03. The predicted octanol–water partition coefficient (Wildman–Crippen LogP) is 0.260. The zero-order valence-corrected chi connectivity index (χ0v) is 10.1. The van der Waals surface area contributed by atoms with Gasteiger partial charge in [-0.25, -0.2) is 17.9 Å². The van der Waals surface area contributed by atoms with Crippen molar-refractivity contribution in [3.8, 4) is 5.69 Å². The van der Waals surface area contributed by atoms with E-state index in [9.17, 15) is 18.0 Å². The fourth-order valence-electron chi connectivity index (χ4n) is 1.45. The second-order valence-electron chi connectivity index (χ2n) is 3.83. The number of amides is 1. The molecule has 106 valence electrons. The summed E-state index contributed by atoms with van der Waals surface area (Å²) in [6.07, 6.45) is 1.28. The molecular weight excluding hydrogens is 275 g/mol. The topological polar surface area (TPSA) is 85.8 Å². The summed E-state index contributed by atoms with van der Waals surface area (Å²) in [6.45, 7) is -0.132. The zero-order valence-electron chi connectivity index (χ0n) is 10.1. The summed E-state index contributed by atoms with van der Waals surface area (Å²) >= 11 is 0. The number of hydrogen-bond acceptors (Lipinski definition) is 4. The molecule has 9 heteroatoms. The minimum Gasteiger partial charge on any atom is -0.349 e. The van der Waals surface area contributed by atoms with Gasteiger partial charge in [-0.3, -0.25) is 4.79 Å². The molecular formula is C11H10F3N5O. The van der Waals surface area contributed by atoms with Gasteiger partial charge in [0, 0.05) is 0 Å². The number of hydrogen-bond donors (Lipinski definition) is 2. The summed E-state index contributed by atoms with van der Waals surface area (Å²) in [5, 5.41) is 9.68. The normalized spacial score (nSPS) is 10.6. The maximum atomic E-state index is 13.5. The van der Waals surface area contributed by atoms with E-state index in [1.165, 1.54) is 6.20 Å². The third-order valence-electron chi connectivity index (χ3n) is 2.45. The van der Waals surface area contributed by atoms with E-state index < -0.39 is 23.4 Å². The molecule has 2 aromatic rings. The number of carbonyl (C=O) groups is 1. The van der Waals surface area contributed by atoms with E-state index in [1.807, 2.05) is 0 Å². The number of benzene rings is 1. The Morgan fingerprint density at radius 1 is 1.30 bits per heavy atom. The molecule has 0 saturated carbocycles. The number of nitrogens with two attached hydrogens (primary N) is 1. The lowest BCUT2D eigenvalue weighted by atomic mass is 10.3. The minimum absolute atomic E-state index is 0.0430. The molecule has 0 aliphatic carbocycles. The lowest BCUT2D eigenvalue weighted by molar-refractivity contribution is -0.119. The molecule has 1 aromatic heterocycles. The summed E-state index contributed by atoms with van der Waals surface area (Å²) < 4.78 is 40.4. The molecule has 0 unspecified atom stereocenters. The predicted molar refractivity (Wildman–Crippen MR) is 62.1 cm³/mol. The number of aromatic nitrogens is 3. The van der Waals surface area contributed by atoms with Crippen molar-refractivity contribution < 1.29 is 18.0 Å². The third kappa shape index (κ3) is 2.77. The highest BCUT2D eigenvalue weighted by Gasteiger charge is 2.16. The van der Waals surface area contributed by atoms with Crippen LogP contribution in [0.15, 0.2) is 18.3 Å². The van der Waals surface area contributed by atoms with Crippen LogP contribution in [0.4, 0.5) is 13.2 Å². The van der Waals surface area contributed by atoms with Crippen LogP contribution >= 0.6 is 0 Å². The van der Waals surface area contributed by atoms with Crippen LogP contribution in [0.1, 0.15) is 5.69 Å². The molecule has 0 aliphatic heterocycles.